The number of hydrogen-bond donors (Lipinski definition) is 1. The number of nitriles is 1. The van der Waals surface area contributed by atoms with Gasteiger partial charge in [-0.15, -0.1) is 0 Å². The number of ether oxygens (including phenoxy) is 4. The summed E-state index contributed by atoms with van der Waals surface area (Å²) in [4.78, 5) is 11.0. The van der Waals surface area contributed by atoms with Crippen LogP contribution in [-0.2, 0) is 6.61 Å². The van der Waals surface area contributed by atoms with Gasteiger partial charge in [0.1, 0.15) is 6.61 Å². The molecule has 0 fully saturated rings. The van der Waals surface area contributed by atoms with Gasteiger partial charge in [0, 0.05) is 0 Å². The van der Waals surface area contributed by atoms with Crippen molar-refractivity contribution in [3.8, 4) is 29.1 Å². The summed E-state index contributed by atoms with van der Waals surface area (Å²) in [5.74, 6) is 1.24. The number of carbonyl (C=O) groups is 1. The molecule has 0 heterocycles. The van der Waals surface area contributed by atoms with Crippen LogP contribution in [0, 0.1) is 11.3 Å². The second-order valence-corrected chi connectivity index (χ2v) is 7.17. The van der Waals surface area contributed by atoms with Crippen LogP contribution in [0.25, 0.3) is 11.6 Å². The molecule has 7 nitrogen and oxygen atoms in total. The topological polar surface area (TPSA) is 98.0 Å². The van der Waals surface area contributed by atoms with Gasteiger partial charge < -0.3 is 24.1 Å². The molecular weight excluding hydrogens is 434 g/mol. The maximum atomic E-state index is 11.0. The predicted molar refractivity (Wildman–Crippen MR) is 128 cm³/mol. The van der Waals surface area contributed by atoms with E-state index < -0.39 is 5.97 Å². The van der Waals surface area contributed by atoms with Gasteiger partial charge in [-0.25, -0.2) is 4.79 Å². The van der Waals surface area contributed by atoms with Gasteiger partial charge in [-0.05, 0) is 72.2 Å². The Morgan fingerprint density at radius 2 is 1.56 bits per heavy atom. The van der Waals surface area contributed by atoms with E-state index in [1.807, 2.05) is 19.1 Å². The largest absolute Gasteiger partial charge is 0.493 e. The molecule has 0 saturated carbocycles. The fourth-order valence-electron chi connectivity index (χ4n) is 3.26. The molecule has 0 amide bonds. The predicted octanol–water partition coefficient (Wildman–Crippen LogP) is 5.44. The Hall–Kier alpha value is -4.44. The number of allylic oxidation sites excluding steroid dienone is 1. The summed E-state index contributed by atoms with van der Waals surface area (Å²) in [6, 6.07) is 19.5. The van der Waals surface area contributed by atoms with Crippen molar-refractivity contribution in [1.82, 2.24) is 0 Å². The molecule has 3 rings (SSSR count). The summed E-state index contributed by atoms with van der Waals surface area (Å²) in [6.45, 7) is 2.57. The minimum atomic E-state index is -0.973. The fourth-order valence-corrected chi connectivity index (χ4v) is 3.26. The molecule has 0 aliphatic rings. The minimum absolute atomic E-state index is 0.220. The maximum Gasteiger partial charge on any atom is 0.335 e. The molecule has 0 atom stereocenters. The van der Waals surface area contributed by atoms with Crippen molar-refractivity contribution in [3.63, 3.8) is 0 Å². The van der Waals surface area contributed by atoms with Crippen LogP contribution in [-0.4, -0.2) is 31.9 Å². The summed E-state index contributed by atoms with van der Waals surface area (Å²) < 4.78 is 22.3. The quantitative estimate of drug-likeness (QED) is 0.318. The van der Waals surface area contributed by atoms with Gasteiger partial charge in [-0.3, -0.25) is 0 Å². The van der Waals surface area contributed by atoms with E-state index in [1.165, 1.54) is 12.1 Å². The lowest BCUT2D eigenvalue weighted by atomic mass is 10.0. The molecule has 34 heavy (non-hydrogen) atoms. The third kappa shape index (κ3) is 5.87. The van der Waals surface area contributed by atoms with Crippen molar-refractivity contribution in [1.29, 1.82) is 5.26 Å². The van der Waals surface area contributed by atoms with E-state index in [0.29, 0.717) is 40.7 Å². The normalized spacial score (nSPS) is 10.8. The fraction of sp³-hybridized carbons (Fsp3) is 0.185. The van der Waals surface area contributed by atoms with Crippen LogP contribution < -0.4 is 18.9 Å². The molecule has 0 unspecified atom stereocenters. The molecule has 3 aromatic carbocycles. The Kier molecular flexibility index (Phi) is 8.14. The lowest BCUT2D eigenvalue weighted by Crippen LogP contribution is -2.01. The molecule has 1 N–H and O–H groups in total. The van der Waals surface area contributed by atoms with Crippen molar-refractivity contribution >= 4 is 17.6 Å². The lowest BCUT2D eigenvalue weighted by molar-refractivity contribution is 0.0697. The van der Waals surface area contributed by atoms with Gasteiger partial charge in [0.05, 0.1) is 38.0 Å². The van der Waals surface area contributed by atoms with Gasteiger partial charge in [-0.2, -0.15) is 5.26 Å². The zero-order valence-electron chi connectivity index (χ0n) is 19.2. The van der Waals surface area contributed by atoms with E-state index in [1.54, 1.807) is 56.7 Å². The summed E-state index contributed by atoms with van der Waals surface area (Å²) >= 11 is 0. The van der Waals surface area contributed by atoms with Gasteiger partial charge in [0.25, 0.3) is 0 Å². The van der Waals surface area contributed by atoms with Crippen LogP contribution in [0.5, 0.6) is 23.0 Å². The highest BCUT2D eigenvalue weighted by Crippen LogP contribution is 2.33. The first-order chi connectivity index (χ1) is 16.5. The third-order valence-electron chi connectivity index (χ3n) is 4.99. The first kappa shape index (κ1) is 24.2. The molecular formula is C27H25NO6. The summed E-state index contributed by atoms with van der Waals surface area (Å²) in [5, 5.41) is 18.8. The lowest BCUT2D eigenvalue weighted by Gasteiger charge is -2.13. The number of aromatic carboxylic acids is 1. The number of carboxylic acid groups (broad SMARTS) is 1. The third-order valence-corrected chi connectivity index (χ3v) is 4.99. The molecule has 0 spiro atoms. The van der Waals surface area contributed by atoms with Gasteiger partial charge in [0.15, 0.2) is 23.0 Å². The first-order valence-electron chi connectivity index (χ1n) is 10.5. The van der Waals surface area contributed by atoms with Gasteiger partial charge in [-0.1, -0.05) is 18.2 Å². The average molecular weight is 459 g/mol. The highest BCUT2D eigenvalue weighted by molar-refractivity contribution is 5.90. The van der Waals surface area contributed by atoms with E-state index in [4.69, 9.17) is 24.1 Å². The Bertz CT molecular complexity index is 1220. The smallest absolute Gasteiger partial charge is 0.335 e. The molecule has 0 bridgehead atoms. The van der Waals surface area contributed by atoms with Crippen LogP contribution in [0.3, 0.4) is 0 Å². The van der Waals surface area contributed by atoms with Crippen LogP contribution in [0.4, 0.5) is 0 Å². The van der Waals surface area contributed by atoms with E-state index in [0.717, 1.165) is 11.1 Å². The highest BCUT2D eigenvalue weighted by atomic mass is 16.5. The van der Waals surface area contributed by atoms with Crippen molar-refractivity contribution in [2.24, 2.45) is 0 Å². The molecule has 0 radical (unpaired) electrons. The van der Waals surface area contributed by atoms with Gasteiger partial charge in [0.2, 0.25) is 0 Å². The summed E-state index contributed by atoms with van der Waals surface area (Å²) in [6.07, 6.45) is 1.76. The molecule has 0 aliphatic heterocycles. The summed E-state index contributed by atoms with van der Waals surface area (Å²) in [7, 11) is 3.10. The van der Waals surface area contributed by atoms with Crippen LogP contribution in [0.15, 0.2) is 60.7 Å². The molecule has 174 valence electrons. The van der Waals surface area contributed by atoms with E-state index in [9.17, 15) is 10.1 Å². The van der Waals surface area contributed by atoms with Crippen LogP contribution >= 0.6 is 0 Å². The number of carboxylic acids is 1. The van der Waals surface area contributed by atoms with Crippen molar-refractivity contribution < 1.29 is 28.8 Å². The number of hydrogen-bond acceptors (Lipinski definition) is 6. The SMILES string of the molecule is CCOc1cc(/C=C(\C#N)c2ccc(OC)c(OC)c2)ccc1OCc1ccc(C(=O)O)cc1. The number of methoxy groups -OCH3 is 2. The molecule has 0 aliphatic carbocycles. The zero-order valence-corrected chi connectivity index (χ0v) is 19.2. The maximum absolute atomic E-state index is 11.0. The number of nitrogens with zero attached hydrogens (tertiary/aromatic N) is 1. The Morgan fingerprint density at radius 3 is 2.18 bits per heavy atom. The second-order valence-electron chi connectivity index (χ2n) is 7.17. The molecule has 3 aromatic rings. The Balaban J connectivity index is 1.84. The molecule has 7 heteroatoms. The van der Waals surface area contributed by atoms with Crippen molar-refractivity contribution in [2.75, 3.05) is 20.8 Å². The standard InChI is InChI=1S/C27H25NO6/c1-4-33-26-14-19(13-22(16-28)21-10-12-23(31-2)25(15-21)32-3)7-11-24(26)34-17-18-5-8-20(9-6-18)27(29)30/h5-15H,4,17H2,1-3H3,(H,29,30)/b22-13+. The Labute approximate surface area is 198 Å². The molecule has 0 aromatic heterocycles. The summed E-state index contributed by atoms with van der Waals surface area (Å²) in [5.41, 5.74) is 2.97. The molecule has 0 saturated heterocycles. The highest BCUT2D eigenvalue weighted by Gasteiger charge is 2.11. The zero-order chi connectivity index (χ0) is 24.5. The number of benzene rings is 3. The number of rotatable bonds is 10. The van der Waals surface area contributed by atoms with E-state index in [-0.39, 0.29) is 12.2 Å². The minimum Gasteiger partial charge on any atom is -0.493 e. The van der Waals surface area contributed by atoms with Crippen LogP contribution in [0.1, 0.15) is 34.0 Å². The average Bonchev–Trinajstić information content (AvgIpc) is 2.86. The van der Waals surface area contributed by atoms with Crippen molar-refractivity contribution in [3.05, 3.63) is 82.9 Å². The monoisotopic (exact) mass is 459 g/mol. The van der Waals surface area contributed by atoms with E-state index in [2.05, 4.69) is 6.07 Å². The second kappa shape index (κ2) is 11.4. The first-order valence-corrected chi connectivity index (χ1v) is 10.5. The Morgan fingerprint density at radius 1 is 0.882 bits per heavy atom. The van der Waals surface area contributed by atoms with Crippen molar-refractivity contribution in [2.45, 2.75) is 13.5 Å². The van der Waals surface area contributed by atoms with E-state index >= 15 is 0 Å². The van der Waals surface area contributed by atoms with Crippen LogP contribution in [0.2, 0.25) is 0 Å². The van der Waals surface area contributed by atoms with Gasteiger partial charge >= 0.3 is 5.97 Å².